The molecule has 1 saturated carbocycles. The van der Waals surface area contributed by atoms with E-state index in [-0.39, 0.29) is 17.8 Å². The molecule has 0 bridgehead atoms. The van der Waals surface area contributed by atoms with Gasteiger partial charge in [0.2, 0.25) is 0 Å². The summed E-state index contributed by atoms with van der Waals surface area (Å²) in [6, 6.07) is 5.09. The Labute approximate surface area is 184 Å². The Morgan fingerprint density at radius 2 is 2.00 bits per heavy atom. The average molecular weight is 443 g/mol. The lowest BCUT2D eigenvalue weighted by Crippen LogP contribution is -2.36. The molecule has 4 rings (SSSR count). The summed E-state index contributed by atoms with van der Waals surface area (Å²) in [4.78, 5) is 25.2. The first kappa shape index (κ1) is 21.5. The fourth-order valence-corrected chi connectivity index (χ4v) is 4.33. The molecular weight excluding hydrogens is 416 g/mol. The van der Waals surface area contributed by atoms with E-state index >= 15 is 0 Å². The lowest BCUT2D eigenvalue weighted by atomic mass is 9.93. The van der Waals surface area contributed by atoms with Crippen LogP contribution in [0.3, 0.4) is 0 Å². The summed E-state index contributed by atoms with van der Waals surface area (Å²) in [5.41, 5.74) is 0.196. The lowest BCUT2D eigenvalue weighted by molar-refractivity contribution is 0.00624. The third-order valence-corrected chi connectivity index (χ3v) is 5.76. The number of pyridine rings is 2. The summed E-state index contributed by atoms with van der Waals surface area (Å²) in [5.74, 6) is 0.488. The number of anilines is 1. The number of esters is 1. The Bertz CT molecular complexity index is 1080. The van der Waals surface area contributed by atoms with Crippen LogP contribution in [0.5, 0.6) is 11.5 Å². The summed E-state index contributed by atoms with van der Waals surface area (Å²) in [7, 11) is 0. The van der Waals surface area contributed by atoms with E-state index in [1.807, 2.05) is 6.07 Å². The molecule has 164 valence electrons. The minimum atomic E-state index is -0.601. The van der Waals surface area contributed by atoms with Crippen LogP contribution in [0.25, 0.3) is 10.3 Å². The summed E-state index contributed by atoms with van der Waals surface area (Å²) < 4.78 is 12.1. The Hall–Kier alpha value is -2.78. The van der Waals surface area contributed by atoms with E-state index < -0.39 is 11.6 Å². The van der Waals surface area contributed by atoms with E-state index in [2.05, 4.69) is 20.3 Å². The van der Waals surface area contributed by atoms with Crippen molar-refractivity contribution < 1.29 is 19.4 Å². The van der Waals surface area contributed by atoms with Gasteiger partial charge in [-0.2, -0.15) is 0 Å². The molecule has 0 spiro atoms. The first-order valence-electron chi connectivity index (χ1n) is 10.4. The smallest absolute Gasteiger partial charge is 0.357 e. The van der Waals surface area contributed by atoms with Crippen LogP contribution in [-0.2, 0) is 4.74 Å². The molecule has 2 N–H and O–H groups in total. The van der Waals surface area contributed by atoms with Crippen molar-refractivity contribution in [3.05, 3.63) is 36.3 Å². The summed E-state index contributed by atoms with van der Waals surface area (Å²) in [5, 5.41) is 14.3. The maximum Gasteiger partial charge on any atom is 0.357 e. The molecular formula is C22H26N4O4S. The second kappa shape index (κ2) is 8.76. The molecule has 3 aromatic rings. The van der Waals surface area contributed by atoms with E-state index in [0.29, 0.717) is 17.1 Å². The maximum absolute atomic E-state index is 12.2. The molecule has 0 unspecified atom stereocenters. The van der Waals surface area contributed by atoms with Crippen LogP contribution in [0.15, 0.2) is 30.6 Å². The van der Waals surface area contributed by atoms with E-state index in [0.717, 1.165) is 35.5 Å². The number of carbonyl (C=O) groups is 1. The van der Waals surface area contributed by atoms with Crippen molar-refractivity contribution in [2.45, 2.75) is 64.2 Å². The van der Waals surface area contributed by atoms with Crippen LogP contribution in [0, 0.1) is 0 Å². The number of aliphatic hydroxyl groups excluding tert-OH is 1. The zero-order valence-electron chi connectivity index (χ0n) is 17.8. The van der Waals surface area contributed by atoms with Gasteiger partial charge in [-0.3, -0.25) is 0 Å². The first-order valence-corrected chi connectivity index (χ1v) is 11.2. The molecule has 0 saturated heterocycles. The minimum absolute atomic E-state index is 0.0214. The van der Waals surface area contributed by atoms with Gasteiger partial charge >= 0.3 is 5.97 Å². The van der Waals surface area contributed by atoms with E-state index in [1.54, 1.807) is 39.1 Å². The van der Waals surface area contributed by atoms with Crippen LogP contribution in [0.4, 0.5) is 5.13 Å². The Kier molecular flexibility index (Phi) is 6.06. The highest BCUT2D eigenvalue weighted by Crippen LogP contribution is 2.31. The molecule has 1 aliphatic carbocycles. The molecule has 0 amide bonds. The van der Waals surface area contributed by atoms with Gasteiger partial charge < -0.3 is 19.9 Å². The number of nitrogens with one attached hydrogen (secondary N) is 1. The predicted octanol–water partition coefficient (Wildman–Crippen LogP) is 4.55. The fraction of sp³-hybridized carbons (Fsp3) is 0.455. The van der Waals surface area contributed by atoms with Crippen molar-refractivity contribution in [3.63, 3.8) is 0 Å². The van der Waals surface area contributed by atoms with Gasteiger partial charge in [0.1, 0.15) is 17.1 Å². The van der Waals surface area contributed by atoms with Crippen LogP contribution in [0.1, 0.15) is 56.9 Å². The second-order valence-corrected chi connectivity index (χ2v) is 9.63. The molecule has 3 aromatic heterocycles. The average Bonchev–Trinajstić information content (AvgIpc) is 3.10. The normalized spacial score (nSPS) is 19.2. The van der Waals surface area contributed by atoms with E-state index in [9.17, 15) is 9.90 Å². The van der Waals surface area contributed by atoms with Crippen molar-refractivity contribution >= 4 is 32.8 Å². The molecule has 1 aliphatic rings. The Morgan fingerprint density at radius 3 is 2.77 bits per heavy atom. The molecule has 0 aromatic carbocycles. The molecule has 1 fully saturated rings. The predicted molar refractivity (Wildman–Crippen MR) is 119 cm³/mol. The van der Waals surface area contributed by atoms with Crippen molar-refractivity contribution in [3.8, 4) is 11.5 Å². The Morgan fingerprint density at radius 1 is 1.19 bits per heavy atom. The number of aromatic nitrogens is 3. The SMILES string of the molecule is CC(C)(C)OC(=O)c1cc(Oc2cnc3nc(N[C@@H]4CCCC[C@H]4O)sc3c2)ccn1. The highest BCUT2D eigenvalue weighted by molar-refractivity contribution is 7.22. The zero-order chi connectivity index (χ0) is 22.0. The number of hydrogen-bond acceptors (Lipinski definition) is 9. The number of nitrogens with zero attached hydrogens (tertiary/aromatic N) is 3. The maximum atomic E-state index is 12.2. The molecule has 2 atom stereocenters. The van der Waals surface area contributed by atoms with Crippen molar-refractivity contribution in [2.75, 3.05) is 5.32 Å². The molecule has 9 heteroatoms. The standard InChI is InChI=1S/C22H26N4O4S/c1-22(2,3)30-20(28)16-10-13(8-9-23-16)29-14-11-18-19(24-12-14)26-21(31-18)25-15-6-4-5-7-17(15)27/h8-12,15,17,27H,4-7H2,1-3H3,(H,24,25,26)/t15-,17-/m1/s1. The van der Waals surface area contributed by atoms with Gasteiger partial charge in [0, 0.05) is 18.3 Å². The number of ether oxygens (including phenoxy) is 2. The molecule has 31 heavy (non-hydrogen) atoms. The van der Waals surface area contributed by atoms with Gasteiger partial charge in [-0.15, -0.1) is 0 Å². The lowest BCUT2D eigenvalue weighted by Gasteiger charge is -2.27. The van der Waals surface area contributed by atoms with Gasteiger partial charge in [-0.25, -0.2) is 19.7 Å². The quantitative estimate of drug-likeness (QED) is 0.554. The number of rotatable bonds is 5. The molecule has 0 radical (unpaired) electrons. The van der Waals surface area contributed by atoms with Gasteiger partial charge in [-0.05, 0) is 39.7 Å². The molecule has 3 heterocycles. The topological polar surface area (TPSA) is 106 Å². The van der Waals surface area contributed by atoms with Gasteiger partial charge in [0.05, 0.1) is 23.0 Å². The van der Waals surface area contributed by atoms with Crippen molar-refractivity contribution in [1.29, 1.82) is 0 Å². The van der Waals surface area contributed by atoms with E-state index in [1.165, 1.54) is 17.5 Å². The van der Waals surface area contributed by atoms with Gasteiger partial charge in [0.15, 0.2) is 16.5 Å². The highest BCUT2D eigenvalue weighted by Gasteiger charge is 2.24. The number of thiazole rings is 1. The van der Waals surface area contributed by atoms with Crippen LogP contribution >= 0.6 is 11.3 Å². The van der Waals surface area contributed by atoms with Crippen molar-refractivity contribution in [2.24, 2.45) is 0 Å². The number of fused-ring (bicyclic) bond motifs is 1. The van der Waals surface area contributed by atoms with Gasteiger partial charge in [-0.1, -0.05) is 24.2 Å². The van der Waals surface area contributed by atoms with E-state index in [4.69, 9.17) is 9.47 Å². The summed E-state index contributed by atoms with van der Waals surface area (Å²) in [6.07, 6.45) is 6.66. The summed E-state index contributed by atoms with van der Waals surface area (Å²) >= 11 is 1.47. The first-order chi connectivity index (χ1) is 14.8. The number of aliphatic hydroxyl groups is 1. The van der Waals surface area contributed by atoms with Crippen molar-refractivity contribution in [1.82, 2.24) is 15.0 Å². The fourth-order valence-electron chi connectivity index (χ4n) is 3.41. The van der Waals surface area contributed by atoms with Crippen LogP contribution in [0.2, 0.25) is 0 Å². The second-order valence-electron chi connectivity index (χ2n) is 8.60. The van der Waals surface area contributed by atoms with Gasteiger partial charge in [0.25, 0.3) is 0 Å². The number of hydrogen-bond donors (Lipinski definition) is 2. The monoisotopic (exact) mass is 442 g/mol. The highest BCUT2D eigenvalue weighted by atomic mass is 32.1. The number of carbonyl (C=O) groups excluding carboxylic acids is 1. The third-order valence-electron chi connectivity index (χ3n) is 4.84. The van der Waals surface area contributed by atoms with Crippen LogP contribution in [-0.4, -0.2) is 43.8 Å². The third kappa shape index (κ3) is 5.48. The van der Waals surface area contributed by atoms with Crippen LogP contribution < -0.4 is 10.1 Å². The summed E-state index contributed by atoms with van der Waals surface area (Å²) in [6.45, 7) is 5.41. The molecule has 0 aliphatic heterocycles. The largest absolute Gasteiger partial charge is 0.456 e. The Balaban J connectivity index is 1.48. The zero-order valence-corrected chi connectivity index (χ0v) is 18.6. The molecule has 8 nitrogen and oxygen atoms in total. The minimum Gasteiger partial charge on any atom is -0.456 e.